The van der Waals surface area contributed by atoms with Gasteiger partial charge in [-0.3, -0.25) is 4.79 Å². The molecule has 1 heterocycles. The van der Waals surface area contributed by atoms with Crippen molar-refractivity contribution in [2.45, 2.75) is 26.3 Å². The van der Waals surface area contributed by atoms with Crippen LogP contribution >= 0.6 is 0 Å². The Kier molecular flexibility index (Phi) is 6.22. The van der Waals surface area contributed by atoms with E-state index in [1.54, 1.807) is 6.08 Å². The SMILES string of the molecule is C=CCNC(=O)C(C)NCC1CCN(CC)C1. The van der Waals surface area contributed by atoms with Crippen molar-refractivity contribution in [3.05, 3.63) is 12.7 Å². The average molecular weight is 239 g/mol. The number of hydrogen-bond donors (Lipinski definition) is 2. The molecule has 0 bridgehead atoms. The lowest BCUT2D eigenvalue weighted by atomic mass is 10.1. The molecule has 2 N–H and O–H groups in total. The topological polar surface area (TPSA) is 44.4 Å². The van der Waals surface area contributed by atoms with Gasteiger partial charge in [0.2, 0.25) is 5.91 Å². The maximum Gasteiger partial charge on any atom is 0.237 e. The molecule has 0 aromatic carbocycles. The summed E-state index contributed by atoms with van der Waals surface area (Å²) in [6.45, 7) is 12.6. The van der Waals surface area contributed by atoms with Crippen LogP contribution in [-0.2, 0) is 4.79 Å². The molecule has 0 spiro atoms. The lowest BCUT2D eigenvalue weighted by Crippen LogP contribution is -2.44. The minimum atomic E-state index is -0.120. The third-order valence-electron chi connectivity index (χ3n) is 3.34. The standard InChI is InChI=1S/C13H25N3O/c1-4-7-14-13(17)11(3)15-9-12-6-8-16(5-2)10-12/h4,11-12,15H,1,5-10H2,2-3H3,(H,14,17). The average Bonchev–Trinajstić information content (AvgIpc) is 2.80. The molecule has 1 rings (SSSR count). The van der Waals surface area contributed by atoms with Gasteiger partial charge in [0.1, 0.15) is 0 Å². The number of likely N-dealkylation sites (tertiary alicyclic amines) is 1. The Morgan fingerprint density at radius 2 is 2.41 bits per heavy atom. The minimum Gasteiger partial charge on any atom is -0.351 e. The first kappa shape index (κ1) is 14.2. The molecule has 1 aliphatic heterocycles. The fraction of sp³-hybridized carbons (Fsp3) is 0.769. The van der Waals surface area contributed by atoms with Crippen LogP contribution in [0.3, 0.4) is 0 Å². The van der Waals surface area contributed by atoms with E-state index in [0.717, 1.165) is 19.6 Å². The molecule has 4 nitrogen and oxygen atoms in total. The molecule has 0 aromatic rings. The van der Waals surface area contributed by atoms with Crippen LogP contribution in [0.4, 0.5) is 0 Å². The van der Waals surface area contributed by atoms with E-state index in [9.17, 15) is 4.79 Å². The van der Waals surface area contributed by atoms with Crippen LogP contribution in [-0.4, -0.2) is 49.6 Å². The van der Waals surface area contributed by atoms with Crippen molar-refractivity contribution in [1.29, 1.82) is 0 Å². The van der Waals surface area contributed by atoms with E-state index in [-0.39, 0.29) is 11.9 Å². The van der Waals surface area contributed by atoms with E-state index in [0.29, 0.717) is 12.5 Å². The zero-order chi connectivity index (χ0) is 12.7. The molecule has 17 heavy (non-hydrogen) atoms. The second-order valence-corrected chi connectivity index (χ2v) is 4.71. The van der Waals surface area contributed by atoms with Gasteiger partial charge in [0.15, 0.2) is 0 Å². The smallest absolute Gasteiger partial charge is 0.237 e. The summed E-state index contributed by atoms with van der Waals surface area (Å²) in [4.78, 5) is 14.0. The van der Waals surface area contributed by atoms with E-state index in [1.165, 1.54) is 13.0 Å². The number of nitrogens with one attached hydrogen (secondary N) is 2. The molecule has 0 aliphatic carbocycles. The highest BCUT2D eigenvalue weighted by Gasteiger charge is 2.22. The summed E-state index contributed by atoms with van der Waals surface area (Å²) < 4.78 is 0. The second-order valence-electron chi connectivity index (χ2n) is 4.71. The Morgan fingerprint density at radius 1 is 1.65 bits per heavy atom. The number of carbonyl (C=O) groups excluding carboxylic acids is 1. The minimum absolute atomic E-state index is 0.0512. The lowest BCUT2D eigenvalue weighted by molar-refractivity contribution is -0.122. The summed E-state index contributed by atoms with van der Waals surface area (Å²) in [5, 5.41) is 6.10. The molecule has 2 unspecified atom stereocenters. The van der Waals surface area contributed by atoms with Gasteiger partial charge in [-0.2, -0.15) is 0 Å². The maximum atomic E-state index is 11.6. The molecule has 1 fully saturated rings. The largest absolute Gasteiger partial charge is 0.351 e. The molecule has 1 saturated heterocycles. The molecule has 0 saturated carbocycles. The van der Waals surface area contributed by atoms with Gasteiger partial charge in [-0.05, 0) is 38.9 Å². The first-order chi connectivity index (χ1) is 8.17. The fourth-order valence-electron chi connectivity index (χ4n) is 2.13. The van der Waals surface area contributed by atoms with Gasteiger partial charge in [-0.15, -0.1) is 6.58 Å². The van der Waals surface area contributed by atoms with E-state index in [1.807, 2.05) is 6.92 Å². The molecular weight excluding hydrogens is 214 g/mol. The van der Waals surface area contributed by atoms with Gasteiger partial charge >= 0.3 is 0 Å². The van der Waals surface area contributed by atoms with Crippen LogP contribution in [0.1, 0.15) is 20.3 Å². The summed E-state index contributed by atoms with van der Waals surface area (Å²) in [5.41, 5.74) is 0. The number of rotatable bonds is 7. The van der Waals surface area contributed by atoms with Crippen molar-refractivity contribution in [1.82, 2.24) is 15.5 Å². The summed E-state index contributed by atoms with van der Waals surface area (Å²) in [6, 6.07) is -0.120. The van der Waals surface area contributed by atoms with Gasteiger partial charge in [0.05, 0.1) is 6.04 Å². The maximum absolute atomic E-state index is 11.6. The highest BCUT2D eigenvalue weighted by Crippen LogP contribution is 2.14. The number of nitrogens with zero attached hydrogens (tertiary/aromatic N) is 1. The molecule has 98 valence electrons. The second kappa shape index (κ2) is 7.45. The van der Waals surface area contributed by atoms with E-state index < -0.39 is 0 Å². The summed E-state index contributed by atoms with van der Waals surface area (Å²) >= 11 is 0. The highest BCUT2D eigenvalue weighted by atomic mass is 16.2. The monoisotopic (exact) mass is 239 g/mol. The quantitative estimate of drug-likeness (QED) is 0.640. The third kappa shape index (κ3) is 4.88. The Morgan fingerprint density at radius 3 is 3.00 bits per heavy atom. The Labute approximate surface area is 104 Å². The summed E-state index contributed by atoms with van der Waals surface area (Å²) in [5.74, 6) is 0.736. The number of hydrogen-bond acceptors (Lipinski definition) is 3. The van der Waals surface area contributed by atoms with Crippen LogP contribution < -0.4 is 10.6 Å². The van der Waals surface area contributed by atoms with E-state index in [4.69, 9.17) is 0 Å². The lowest BCUT2D eigenvalue weighted by Gasteiger charge is -2.17. The number of carbonyl (C=O) groups is 1. The first-order valence-electron chi connectivity index (χ1n) is 6.51. The van der Waals surface area contributed by atoms with Crippen LogP contribution in [0.2, 0.25) is 0 Å². The Balaban J connectivity index is 2.17. The summed E-state index contributed by atoms with van der Waals surface area (Å²) in [7, 11) is 0. The predicted molar refractivity (Wildman–Crippen MR) is 70.9 cm³/mol. The van der Waals surface area contributed by atoms with Crippen LogP contribution in [0.15, 0.2) is 12.7 Å². The van der Waals surface area contributed by atoms with Gasteiger partial charge in [0, 0.05) is 13.1 Å². The van der Waals surface area contributed by atoms with Gasteiger partial charge in [-0.25, -0.2) is 0 Å². The predicted octanol–water partition coefficient (Wildman–Crippen LogP) is 0.609. The molecule has 0 aromatic heterocycles. The molecular formula is C13H25N3O. The van der Waals surface area contributed by atoms with E-state index in [2.05, 4.69) is 29.0 Å². The Hall–Kier alpha value is -0.870. The number of amides is 1. The highest BCUT2D eigenvalue weighted by molar-refractivity contribution is 5.81. The van der Waals surface area contributed by atoms with Crippen molar-refractivity contribution in [2.24, 2.45) is 5.92 Å². The normalized spacial score (nSPS) is 22.4. The molecule has 1 amide bonds. The van der Waals surface area contributed by atoms with Crippen LogP contribution in [0, 0.1) is 5.92 Å². The van der Waals surface area contributed by atoms with Crippen molar-refractivity contribution >= 4 is 5.91 Å². The Bertz CT molecular complexity index is 255. The zero-order valence-electron chi connectivity index (χ0n) is 11.0. The van der Waals surface area contributed by atoms with Gasteiger partial charge < -0.3 is 15.5 Å². The zero-order valence-corrected chi connectivity index (χ0v) is 11.0. The molecule has 2 atom stereocenters. The first-order valence-corrected chi connectivity index (χ1v) is 6.51. The van der Waals surface area contributed by atoms with E-state index >= 15 is 0 Å². The van der Waals surface area contributed by atoms with Crippen molar-refractivity contribution in [3.8, 4) is 0 Å². The summed E-state index contributed by atoms with van der Waals surface area (Å²) in [6.07, 6.45) is 2.93. The molecule has 0 radical (unpaired) electrons. The van der Waals surface area contributed by atoms with Crippen LogP contribution in [0.5, 0.6) is 0 Å². The molecule has 1 aliphatic rings. The fourth-order valence-corrected chi connectivity index (χ4v) is 2.13. The third-order valence-corrected chi connectivity index (χ3v) is 3.34. The van der Waals surface area contributed by atoms with Crippen LogP contribution in [0.25, 0.3) is 0 Å². The van der Waals surface area contributed by atoms with Gasteiger partial charge in [-0.1, -0.05) is 13.0 Å². The van der Waals surface area contributed by atoms with Crippen molar-refractivity contribution in [3.63, 3.8) is 0 Å². The molecule has 4 heteroatoms. The van der Waals surface area contributed by atoms with Gasteiger partial charge in [0.25, 0.3) is 0 Å². The van der Waals surface area contributed by atoms with Crippen molar-refractivity contribution < 1.29 is 4.79 Å². The van der Waals surface area contributed by atoms with Crippen molar-refractivity contribution in [2.75, 3.05) is 32.7 Å².